The molecular formula is C15H17NOS. The van der Waals surface area contributed by atoms with E-state index >= 15 is 0 Å². The normalized spacial score (nSPS) is 21.3. The highest BCUT2D eigenvalue weighted by atomic mass is 32.2. The third-order valence-corrected chi connectivity index (χ3v) is 4.97. The van der Waals surface area contributed by atoms with E-state index in [0.717, 1.165) is 23.0 Å². The summed E-state index contributed by atoms with van der Waals surface area (Å²) >= 11 is 1.90. The van der Waals surface area contributed by atoms with Gasteiger partial charge in [-0.2, -0.15) is 11.8 Å². The van der Waals surface area contributed by atoms with Crippen LogP contribution in [-0.2, 0) is 6.42 Å². The van der Waals surface area contributed by atoms with Crippen LogP contribution in [0.25, 0.3) is 10.9 Å². The van der Waals surface area contributed by atoms with E-state index in [1.54, 1.807) is 0 Å². The van der Waals surface area contributed by atoms with Gasteiger partial charge in [0, 0.05) is 22.8 Å². The van der Waals surface area contributed by atoms with Crippen LogP contribution in [0.2, 0.25) is 0 Å². The third kappa shape index (κ3) is 2.52. The van der Waals surface area contributed by atoms with Gasteiger partial charge in [0.15, 0.2) is 0 Å². The molecule has 1 aromatic carbocycles. The molecule has 0 spiro atoms. The molecule has 0 saturated carbocycles. The fraction of sp³-hybridized carbons (Fsp3) is 0.400. The average Bonchev–Trinajstić information content (AvgIpc) is 2.92. The zero-order chi connectivity index (χ0) is 12.4. The molecule has 2 nitrogen and oxygen atoms in total. The van der Waals surface area contributed by atoms with Gasteiger partial charge in [-0.15, -0.1) is 0 Å². The molecule has 0 aliphatic carbocycles. The smallest absolute Gasteiger partial charge is 0.0714 e. The molecule has 2 unspecified atom stereocenters. The van der Waals surface area contributed by atoms with E-state index in [9.17, 15) is 5.11 Å². The van der Waals surface area contributed by atoms with Crippen LogP contribution in [-0.4, -0.2) is 27.2 Å². The highest BCUT2D eigenvalue weighted by Crippen LogP contribution is 2.30. The molecule has 1 aliphatic rings. The van der Waals surface area contributed by atoms with Crippen LogP contribution in [0.3, 0.4) is 0 Å². The van der Waals surface area contributed by atoms with Gasteiger partial charge in [-0.25, -0.2) is 0 Å². The molecule has 94 valence electrons. The fourth-order valence-corrected chi connectivity index (χ4v) is 3.76. The standard InChI is InChI=1S/C15H17NOS/c17-14(15-6-3-9-18-15)10-12-8-7-11-4-1-2-5-13(11)16-12/h1-2,4-5,7-8,14-15,17H,3,6,9-10H2. The Bertz CT molecular complexity index is 537. The number of benzene rings is 1. The molecule has 0 bridgehead atoms. The van der Waals surface area contributed by atoms with E-state index < -0.39 is 0 Å². The Balaban J connectivity index is 1.77. The Morgan fingerprint density at radius 2 is 2.17 bits per heavy atom. The molecule has 1 N–H and O–H groups in total. The van der Waals surface area contributed by atoms with E-state index in [1.807, 2.05) is 36.0 Å². The van der Waals surface area contributed by atoms with Crippen LogP contribution in [0.15, 0.2) is 36.4 Å². The van der Waals surface area contributed by atoms with Crippen LogP contribution in [0.5, 0.6) is 0 Å². The number of aliphatic hydroxyl groups is 1. The second kappa shape index (κ2) is 5.29. The molecule has 1 aromatic heterocycles. The van der Waals surface area contributed by atoms with Gasteiger partial charge in [0.2, 0.25) is 0 Å². The van der Waals surface area contributed by atoms with Crippen LogP contribution < -0.4 is 0 Å². The fourth-order valence-electron chi connectivity index (χ4n) is 2.47. The summed E-state index contributed by atoms with van der Waals surface area (Å²) in [7, 11) is 0. The molecule has 3 rings (SSSR count). The molecule has 1 saturated heterocycles. The van der Waals surface area contributed by atoms with E-state index in [0.29, 0.717) is 11.7 Å². The highest BCUT2D eigenvalue weighted by Gasteiger charge is 2.24. The molecule has 2 heterocycles. The van der Waals surface area contributed by atoms with Crippen molar-refractivity contribution in [2.24, 2.45) is 0 Å². The average molecular weight is 259 g/mol. The van der Waals surface area contributed by atoms with Crippen molar-refractivity contribution in [3.8, 4) is 0 Å². The predicted octanol–water partition coefficient (Wildman–Crippen LogP) is 3.03. The summed E-state index contributed by atoms with van der Waals surface area (Å²) in [6.07, 6.45) is 2.78. The number of hydrogen-bond acceptors (Lipinski definition) is 3. The summed E-state index contributed by atoms with van der Waals surface area (Å²) in [5, 5.41) is 11.8. The van der Waals surface area contributed by atoms with Crippen molar-refractivity contribution >= 4 is 22.7 Å². The second-order valence-electron chi connectivity index (χ2n) is 4.82. The monoisotopic (exact) mass is 259 g/mol. The van der Waals surface area contributed by atoms with Gasteiger partial charge in [-0.05, 0) is 30.7 Å². The molecule has 3 heteroatoms. The molecule has 1 aliphatic heterocycles. The second-order valence-corrected chi connectivity index (χ2v) is 6.17. The van der Waals surface area contributed by atoms with Crippen molar-refractivity contribution in [2.45, 2.75) is 30.6 Å². The maximum absolute atomic E-state index is 10.2. The molecule has 0 radical (unpaired) electrons. The number of hydrogen-bond donors (Lipinski definition) is 1. The largest absolute Gasteiger partial charge is 0.392 e. The Morgan fingerprint density at radius 3 is 3.00 bits per heavy atom. The summed E-state index contributed by atoms with van der Waals surface area (Å²) in [6, 6.07) is 12.2. The number of rotatable bonds is 3. The van der Waals surface area contributed by atoms with Gasteiger partial charge in [-0.3, -0.25) is 4.98 Å². The maximum atomic E-state index is 10.2. The van der Waals surface area contributed by atoms with Crippen molar-refractivity contribution in [1.82, 2.24) is 4.98 Å². The predicted molar refractivity (Wildman–Crippen MR) is 76.9 cm³/mol. The van der Waals surface area contributed by atoms with Gasteiger partial charge < -0.3 is 5.11 Å². The first-order valence-corrected chi connectivity index (χ1v) is 7.52. The Labute approximate surface area is 111 Å². The quantitative estimate of drug-likeness (QED) is 0.919. The molecule has 1 fully saturated rings. The number of aliphatic hydroxyl groups excluding tert-OH is 1. The van der Waals surface area contributed by atoms with Gasteiger partial charge in [0.25, 0.3) is 0 Å². The first-order valence-electron chi connectivity index (χ1n) is 6.47. The molecule has 2 aromatic rings. The lowest BCUT2D eigenvalue weighted by Gasteiger charge is -2.16. The molecular weight excluding hydrogens is 242 g/mol. The summed E-state index contributed by atoms with van der Waals surface area (Å²) in [4.78, 5) is 4.62. The molecule has 18 heavy (non-hydrogen) atoms. The number of thioether (sulfide) groups is 1. The Morgan fingerprint density at radius 1 is 1.28 bits per heavy atom. The van der Waals surface area contributed by atoms with E-state index in [2.05, 4.69) is 17.1 Å². The first kappa shape index (κ1) is 12.0. The van der Waals surface area contributed by atoms with E-state index in [4.69, 9.17) is 0 Å². The lowest BCUT2D eigenvalue weighted by Crippen LogP contribution is -2.23. The number of fused-ring (bicyclic) bond motifs is 1. The summed E-state index contributed by atoms with van der Waals surface area (Å²) in [5.41, 5.74) is 2.01. The van der Waals surface area contributed by atoms with Crippen LogP contribution in [0.4, 0.5) is 0 Å². The third-order valence-electron chi connectivity index (χ3n) is 3.47. The van der Waals surface area contributed by atoms with E-state index in [-0.39, 0.29) is 6.10 Å². The minimum Gasteiger partial charge on any atom is -0.392 e. The van der Waals surface area contributed by atoms with Crippen molar-refractivity contribution in [2.75, 3.05) is 5.75 Å². The molecule has 2 atom stereocenters. The zero-order valence-electron chi connectivity index (χ0n) is 10.2. The number of para-hydroxylation sites is 1. The SMILES string of the molecule is OC(Cc1ccc2ccccc2n1)C1CCCS1. The van der Waals surface area contributed by atoms with E-state index in [1.165, 1.54) is 12.2 Å². The zero-order valence-corrected chi connectivity index (χ0v) is 11.1. The van der Waals surface area contributed by atoms with Crippen molar-refractivity contribution in [3.05, 3.63) is 42.1 Å². The lowest BCUT2D eigenvalue weighted by molar-refractivity contribution is 0.169. The van der Waals surface area contributed by atoms with Gasteiger partial charge >= 0.3 is 0 Å². The minimum atomic E-state index is -0.258. The number of pyridine rings is 1. The lowest BCUT2D eigenvalue weighted by atomic mass is 10.1. The molecule has 0 amide bonds. The van der Waals surface area contributed by atoms with Crippen LogP contribution >= 0.6 is 11.8 Å². The number of nitrogens with zero attached hydrogens (tertiary/aromatic N) is 1. The summed E-state index contributed by atoms with van der Waals surface area (Å²) in [5.74, 6) is 1.19. The van der Waals surface area contributed by atoms with Gasteiger partial charge in [-0.1, -0.05) is 24.3 Å². The summed E-state index contributed by atoms with van der Waals surface area (Å²) in [6.45, 7) is 0. The first-order chi connectivity index (χ1) is 8.83. The topological polar surface area (TPSA) is 33.1 Å². The van der Waals surface area contributed by atoms with Crippen LogP contribution in [0, 0.1) is 0 Å². The summed E-state index contributed by atoms with van der Waals surface area (Å²) < 4.78 is 0. The van der Waals surface area contributed by atoms with Crippen molar-refractivity contribution < 1.29 is 5.11 Å². The number of aromatic nitrogens is 1. The van der Waals surface area contributed by atoms with Crippen molar-refractivity contribution in [1.29, 1.82) is 0 Å². The van der Waals surface area contributed by atoms with Crippen LogP contribution in [0.1, 0.15) is 18.5 Å². The van der Waals surface area contributed by atoms with Crippen molar-refractivity contribution in [3.63, 3.8) is 0 Å². The maximum Gasteiger partial charge on any atom is 0.0714 e. The Kier molecular flexibility index (Phi) is 3.52. The Hall–Kier alpha value is -1.06. The van der Waals surface area contributed by atoms with Gasteiger partial charge in [0.05, 0.1) is 11.6 Å². The minimum absolute atomic E-state index is 0.258. The highest BCUT2D eigenvalue weighted by molar-refractivity contribution is 8.00. The van der Waals surface area contributed by atoms with Gasteiger partial charge in [0.1, 0.15) is 0 Å².